The fourth-order valence-corrected chi connectivity index (χ4v) is 3.12. The monoisotopic (exact) mass is 315 g/mol. The van der Waals surface area contributed by atoms with Gasteiger partial charge in [0, 0.05) is 24.7 Å². The Morgan fingerprint density at radius 2 is 1.88 bits per heavy atom. The van der Waals surface area contributed by atoms with Gasteiger partial charge in [-0.3, -0.25) is 0 Å². The second-order valence-electron chi connectivity index (χ2n) is 6.07. The van der Waals surface area contributed by atoms with E-state index in [0.717, 1.165) is 47.6 Å². The van der Waals surface area contributed by atoms with Crippen molar-refractivity contribution < 1.29 is 0 Å². The topological polar surface area (TPSA) is 78.8 Å². The molecule has 1 aliphatic rings. The fraction of sp³-hybridized carbons (Fsp3) is 0.211. The van der Waals surface area contributed by atoms with Crippen molar-refractivity contribution in [2.24, 2.45) is 5.73 Å². The Hall–Kier alpha value is -2.97. The molecule has 1 unspecified atom stereocenters. The third kappa shape index (κ3) is 2.57. The van der Waals surface area contributed by atoms with Gasteiger partial charge >= 0.3 is 0 Å². The molecule has 1 atom stereocenters. The number of aromatic nitrogens is 2. The van der Waals surface area contributed by atoms with Gasteiger partial charge in [-0.2, -0.15) is 5.26 Å². The predicted octanol–water partition coefficient (Wildman–Crippen LogP) is 2.71. The van der Waals surface area contributed by atoms with Crippen LogP contribution in [0.15, 0.2) is 48.5 Å². The van der Waals surface area contributed by atoms with Gasteiger partial charge in [0.25, 0.3) is 0 Å². The van der Waals surface area contributed by atoms with Gasteiger partial charge in [-0.15, -0.1) is 0 Å². The van der Waals surface area contributed by atoms with Crippen molar-refractivity contribution in [1.82, 2.24) is 9.97 Å². The summed E-state index contributed by atoms with van der Waals surface area (Å²) in [5.74, 6) is 0.844. The van der Waals surface area contributed by atoms with Crippen molar-refractivity contribution in [3.8, 4) is 17.3 Å². The van der Waals surface area contributed by atoms with Gasteiger partial charge in [-0.1, -0.05) is 24.3 Å². The predicted molar refractivity (Wildman–Crippen MR) is 94.5 cm³/mol. The summed E-state index contributed by atoms with van der Waals surface area (Å²) in [6.07, 6.45) is 0.951. The molecule has 5 nitrogen and oxygen atoms in total. The van der Waals surface area contributed by atoms with Crippen LogP contribution in [0.2, 0.25) is 0 Å². The number of fused-ring (bicyclic) bond motifs is 1. The van der Waals surface area contributed by atoms with Crippen LogP contribution < -0.4 is 10.6 Å². The first-order valence-corrected chi connectivity index (χ1v) is 8.02. The van der Waals surface area contributed by atoms with Gasteiger partial charge in [0.1, 0.15) is 5.69 Å². The number of benzene rings is 2. The smallest absolute Gasteiger partial charge is 0.156 e. The minimum Gasteiger partial charge on any atom is -0.353 e. The van der Waals surface area contributed by atoms with E-state index in [1.807, 2.05) is 42.5 Å². The van der Waals surface area contributed by atoms with E-state index < -0.39 is 0 Å². The average Bonchev–Trinajstić information content (AvgIpc) is 3.07. The summed E-state index contributed by atoms with van der Waals surface area (Å²) in [6, 6.07) is 17.7. The van der Waals surface area contributed by atoms with Crippen LogP contribution in [0.4, 0.5) is 5.82 Å². The van der Waals surface area contributed by atoms with Crippen LogP contribution in [0.25, 0.3) is 22.3 Å². The summed E-state index contributed by atoms with van der Waals surface area (Å²) >= 11 is 0. The van der Waals surface area contributed by atoms with Crippen molar-refractivity contribution in [2.75, 3.05) is 18.0 Å². The van der Waals surface area contributed by atoms with Crippen LogP contribution in [0, 0.1) is 11.3 Å². The number of hydrogen-bond donors (Lipinski definition) is 1. The maximum absolute atomic E-state index is 9.18. The lowest BCUT2D eigenvalue weighted by atomic mass is 10.1. The Morgan fingerprint density at radius 1 is 1.08 bits per heavy atom. The Balaban J connectivity index is 1.92. The van der Waals surface area contributed by atoms with Crippen molar-refractivity contribution >= 4 is 16.9 Å². The molecule has 1 saturated heterocycles. The van der Waals surface area contributed by atoms with E-state index in [1.165, 1.54) is 0 Å². The van der Waals surface area contributed by atoms with Crippen molar-refractivity contribution in [2.45, 2.75) is 12.5 Å². The Bertz CT molecular complexity index is 944. The van der Waals surface area contributed by atoms with E-state index in [-0.39, 0.29) is 6.04 Å². The maximum atomic E-state index is 9.18. The van der Waals surface area contributed by atoms with E-state index in [9.17, 15) is 5.26 Å². The van der Waals surface area contributed by atoms with Crippen LogP contribution in [-0.4, -0.2) is 29.1 Å². The third-order valence-corrected chi connectivity index (χ3v) is 4.34. The highest BCUT2D eigenvalue weighted by Crippen LogP contribution is 2.31. The number of hydrogen-bond acceptors (Lipinski definition) is 5. The number of para-hydroxylation sites is 2. The molecule has 1 fully saturated rings. The first kappa shape index (κ1) is 14.6. The number of nitrogens with two attached hydrogens (primary N) is 1. The SMILES string of the molecule is N#Cc1cccc(-c2nc3ccccc3nc2N2CCC(N)C2)c1. The third-order valence-electron chi connectivity index (χ3n) is 4.34. The van der Waals surface area contributed by atoms with Gasteiger partial charge in [0.05, 0.1) is 22.7 Å². The zero-order valence-electron chi connectivity index (χ0n) is 13.2. The second-order valence-corrected chi connectivity index (χ2v) is 6.07. The highest BCUT2D eigenvalue weighted by atomic mass is 15.2. The summed E-state index contributed by atoms with van der Waals surface area (Å²) in [7, 11) is 0. The molecule has 2 aromatic carbocycles. The minimum atomic E-state index is 0.163. The van der Waals surface area contributed by atoms with Crippen LogP contribution >= 0.6 is 0 Å². The van der Waals surface area contributed by atoms with Crippen molar-refractivity contribution in [1.29, 1.82) is 5.26 Å². The standard InChI is InChI=1S/C19H17N5/c20-11-13-4-3-5-14(10-13)18-19(24-9-8-15(21)12-24)23-17-7-2-1-6-16(17)22-18/h1-7,10,15H,8-9,12,21H2. The number of nitriles is 1. The molecule has 3 aromatic rings. The molecule has 118 valence electrons. The summed E-state index contributed by atoms with van der Waals surface area (Å²) in [5, 5.41) is 9.18. The summed E-state index contributed by atoms with van der Waals surface area (Å²) in [4.78, 5) is 11.9. The zero-order chi connectivity index (χ0) is 16.5. The molecule has 0 radical (unpaired) electrons. The molecular formula is C19H17N5. The van der Waals surface area contributed by atoms with Crippen molar-refractivity contribution in [3.63, 3.8) is 0 Å². The van der Waals surface area contributed by atoms with Crippen molar-refractivity contribution in [3.05, 3.63) is 54.1 Å². The zero-order valence-corrected chi connectivity index (χ0v) is 13.2. The maximum Gasteiger partial charge on any atom is 0.156 e. The molecule has 0 bridgehead atoms. The molecule has 2 N–H and O–H groups in total. The van der Waals surface area contributed by atoms with Gasteiger partial charge in [-0.25, -0.2) is 9.97 Å². The fourth-order valence-electron chi connectivity index (χ4n) is 3.12. The van der Waals surface area contributed by atoms with Crippen LogP contribution in [-0.2, 0) is 0 Å². The van der Waals surface area contributed by atoms with Gasteiger partial charge in [-0.05, 0) is 30.7 Å². The van der Waals surface area contributed by atoms with E-state index in [4.69, 9.17) is 15.7 Å². The molecule has 4 rings (SSSR count). The Labute approximate surface area is 140 Å². The molecule has 0 spiro atoms. The number of anilines is 1. The molecule has 1 aromatic heterocycles. The molecular weight excluding hydrogens is 298 g/mol. The van der Waals surface area contributed by atoms with Crippen LogP contribution in [0.5, 0.6) is 0 Å². The lowest BCUT2D eigenvalue weighted by Crippen LogP contribution is -2.27. The van der Waals surface area contributed by atoms with E-state index in [2.05, 4.69) is 11.0 Å². The number of rotatable bonds is 2. The molecule has 2 heterocycles. The summed E-state index contributed by atoms with van der Waals surface area (Å²) in [6.45, 7) is 1.65. The lowest BCUT2D eigenvalue weighted by molar-refractivity contribution is 0.751. The quantitative estimate of drug-likeness (QED) is 0.786. The molecule has 24 heavy (non-hydrogen) atoms. The Kier molecular flexibility index (Phi) is 3.60. The highest BCUT2D eigenvalue weighted by molar-refractivity contribution is 5.84. The molecule has 1 aliphatic heterocycles. The highest BCUT2D eigenvalue weighted by Gasteiger charge is 2.24. The van der Waals surface area contributed by atoms with E-state index in [1.54, 1.807) is 6.07 Å². The number of nitrogens with zero attached hydrogens (tertiary/aromatic N) is 4. The Morgan fingerprint density at radius 3 is 2.58 bits per heavy atom. The first-order chi connectivity index (χ1) is 11.7. The van der Waals surface area contributed by atoms with Gasteiger partial charge in [0.2, 0.25) is 0 Å². The average molecular weight is 315 g/mol. The van der Waals surface area contributed by atoms with Crippen LogP contribution in [0.1, 0.15) is 12.0 Å². The molecule has 0 amide bonds. The molecule has 5 heteroatoms. The normalized spacial score (nSPS) is 17.2. The van der Waals surface area contributed by atoms with E-state index >= 15 is 0 Å². The van der Waals surface area contributed by atoms with Crippen LogP contribution in [0.3, 0.4) is 0 Å². The minimum absolute atomic E-state index is 0.163. The summed E-state index contributed by atoms with van der Waals surface area (Å²) in [5.41, 5.74) is 10.1. The summed E-state index contributed by atoms with van der Waals surface area (Å²) < 4.78 is 0. The first-order valence-electron chi connectivity index (χ1n) is 8.02. The lowest BCUT2D eigenvalue weighted by Gasteiger charge is -2.20. The van der Waals surface area contributed by atoms with E-state index in [0.29, 0.717) is 5.56 Å². The second kappa shape index (κ2) is 5.91. The van der Waals surface area contributed by atoms with Gasteiger partial charge in [0.15, 0.2) is 5.82 Å². The largest absolute Gasteiger partial charge is 0.353 e. The molecule has 0 saturated carbocycles. The molecule has 0 aliphatic carbocycles. The van der Waals surface area contributed by atoms with Gasteiger partial charge < -0.3 is 10.6 Å².